The Hall–Kier alpha value is -4.15. The number of anilines is 1. The fourth-order valence-electron chi connectivity index (χ4n) is 6.31. The average molecular weight is 644 g/mol. The number of furan rings is 1. The van der Waals surface area contributed by atoms with Gasteiger partial charge in [0.15, 0.2) is 11.6 Å². The number of aromatic nitrogens is 1. The van der Waals surface area contributed by atoms with Crippen LogP contribution in [0.5, 0.6) is 5.75 Å². The summed E-state index contributed by atoms with van der Waals surface area (Å²) in [6.07, 6.45) is 5.18. The first-order valence-electron chi connectivity index (χ1n) is 16.8. The molecule has 2 aliphatic heterocycles. The lowest BCUT2D eigenvalue weighted by Crippen LogP contribution is -2.50. The first-order chi connectivity index (χ1) is 22.7. The quantitative estimate of drug-likeness (QED) is 0.196. The van der Waals surface area contributed by atoms with Crippen LogP contribution >= 0.6 is 0 Å². The maximum atomic E-state index is 15.4. The first kappa shape index (κ1) is 32.8. The van der Waals surface area contributed by atoms with Gasteiger partial charge in [0.25, 0.3) is 0 Å². The van der Waals surface area contributed by atoms with Gasteiger partial charge >= 0.3 is 6.09 Å². The molecule has 0 radical (unpaired) electrons. The number of piperazine rings is 1. The Kier molecular flexibility index (Phi) is 10.3. The highest BCUT2D eigenvalue weighted by Crippen LogP contribution is 2.43. The molecule has 2 aromatic carbocycles. The molecule has 2 saturated heterocycles. The molecule has 1 amide bonds. The molecule has 9 nitrogen and oxygen atoms in total. The van der Waals surface area contributed by atoms with Crippen molar-refractivity contribution in [2.45, 2.75) is 45.6 Å². The van der Waals surface area contributed by atoms with E-state index >= 15 is 4.39 Å². The Morgan fingerprint density at radius 3 is 2.38 bits per heavy atom. The van der Waals surface area contributed by atoms with Gasteiger partial charge in [0.2, 0.25) is 5.71 Å². The van der Waals surface area contributed by atoms with Gasteiger partial charge in [-0.3, -0.25) is 9.80 Å². The Labute approximate surface area is 276 Å². The monoisotopic (exact) mass is 643 g/mol. The van der Waals surface area contributed by atoms with Gasteiger partial charge < -0.3 is 24.1 Å². The van der Waals surface area contributed by atoms with Crippen molar-refractivity contribution in [1.29, 1.82) is 0 Å². The molecule has 0 atom stereocenters. The van der Waals surface area contributed by atoms with E-state index in [1.165, 1.54) is 25.3 Å². The molecule has 0 unspecified atom stereocenters. The number of rotatable bonds is 10. The normalized spacial score (nSPS) is 16.4. The number of benzene rings is 2. The highest BCUT2D eigenvalue weighted by molar-refractivity contribution is 6.06. The van der Waals surface area contributed by atoms with Crippen molar-refractivity contribution in [3.8, 4) is 28.2 Å². The van der Waals surface area contributed by atoms with Crippen molar-refractivity contribution in [2.75, 3.05) is 70.8 Å². The summed E-state index contributed by atoms with van der Waals surface area (Å²) in [6.45, 7) is 13.4. The Morgan fingerprint density at radius 1 is 0.915 bits per heavy atom. The number of nitrogens with one attached hydrogen (secondary N) is 1. The van der Waals surface area contributed by atoms with E-state index in [0.29, 0.717) is 43.3 Å². The maximum absolute atomic E-state index is 15.4. The Bertz CT molecular complexity index is 1640. The van der Waals surface area contributed by atoms with Crippen molar-refractivity contribution >= 4 is 22.9 Å². The minimum absolute atomic E-state index is 0.246. The molecule has 250 valence electrons. The zero-order valence-corrected chi connectivity index (χ0v) is 27.8. The zero-order chi connectivity index (χ0) is 32.8. The second-order valence-electron chi connectivity index (χ2n) is 13.3. The minimum atomic E-state index is -0.502. The van der Waals surface area contributed by atoms with E-state index in [4.69, 9.17) is 13.9 Å². The number of likely N-dealkylation sites (tertiary alicyclic amines) is 1. The summed E-state index contributed by atoms with van der Waals surface area (Å²) in [7, 11) is 0. The first-order valence-corrected chi connectivity index (χ1v) is 16.8. The molecule has 0 saturated carbocycles. The number of piperidine rings is 1. The molecule has 0 spiro atoms. The van der Waals surface area contributed by atoms with Gasteiger partial charge in [-0.25, -0.2) is 14.2 Å². The third-order valence-corrected chi connectivity index (χ3v) is 8.73. The second-order valence-corrected chi connectivity index (χ2v) is 13.3. The number of nitrogens with zero attached hydrogens (tertiary/aromatic N) is 4. The molecule has 6 rings (SSSR count). The number of ether oxygens (including phenoxy) is 2. The molecular weight excluding hydrogens is 597 g/mol. The molecule has 1 N–H and O–H groups in total. The zero-order valence-electron chi connectivity index (χ0n) is 27.8. The summed E-state index contributed by atoms with van der Waals surface area (Å²) in [5, 5.41) is 4.45. The van der Waals surface area contributed by atoms with Gasteiger partial charge in [-0.2, -0.15) is 0 Å². The molecule has 2 aliphatic rings. The Morgan fingerprint density at radius 2 is 1.66 bits per heavy atom. The predicted molar refractivity (Wildman–Crippen MR) is 183 cm³/mol. The highest BCUT2D eigenvalue weighted by Gasteiger charge is 2.26. The van der Waals surface area contributed by atoms with Gasteiger partial charge in [0.05, 0.1) is 5.39 Å². The van der Waals surface area contributed by atoms with Crippen LogP contribution in [-0.2, 0) is 4.74 Å². The summed E-state index contributed by atoms with van der Waals surface area (Å²) in [4.78, 5) is 23.5. The van der Waals surface area contributed by atoms with E-state index in [1.54, 1.807) is 17.2 Å². The van der Waals surface area contributed by atoms with Gasteiger partial charge in [-0.1, -0.05) is 36.8 Å². The van der Waals surface area contributed by atoms with E-state index in [-0.39, 0.29) is 11.8 Å². The van der Waals surface area contributed by atoms with Crippen LogP contribution in [-0.4, -0.2) is 96.9 Å². The van der Waals surface area contributed by atoms with Crippen LogP contribution in [0.15, 0.2) is 65.2 Å². The van der Waals surface area contributed by atoms with Crippen LogP contribution in [0.1, 0.15) is 40.0 Å². The molecule has 2 fully saturated rings. The van der Waals surface area contributed by atoms with E-state index in [0.717, 1.165) is 61.5 Å². The summed E-state index contributed by atoms with van der Waals surface area (Å²) in [6, 6.07) is 17.0. The van der Waals surface area contributed by atoms with E-state index in [9.17, 15) is 4.79 Å². The number of pyridine rings is 1. The molecule has 0 aliphatic carbocycles. The molecule has 4 heterocycles. The lowest BCUT2D eigenvalue weighted by molar-refractivity contribution is 0.0148. The third-order valence-electron chi connectivity index (χ3n) is 8.73. The van der Waals surface area contributed by atoms with E-state index in [1.807, 2.05) is 63.2 Å². The molecule has 10 heteroatoms. The van der Waals surface area contributed by atoms with Gasteiger partial charge in [-0.15, -0.1) is 0 Å². The summed E-state index contributed by atoms with van der Waals surface area (Å²) in [5.74, 6) is 0.388. The largest absolute Gasteiger partial charge is 0.489 e. The molecule has 4 aromatic rings. The Balaban J connectivity index is 1.16. The summed E-state index contributed by atoms with van der Waals surface area (Å²) < 4.78 is 33.2. The fraction of sp³-hybridized carbons (Fsp3) is 0.459. The van der Waals surface area contributed by atoms with Crippen LogP contribution < -0.4 is 10.1 Å². The molecule has 0 bridgehead atoms. The second kappa shape index (κ2) is 14.7. The number of carbonyl (C=O) groups is 1. The molecule has 2 aromatic heterocycles. The number of halogens is 1. The van der Waals surface area contributed by atoms with Crippen LogP contribution in [0.25, 0.3) is 33.6 Å². The van der Waals surface area contributed by atoms with Crippen molar-refractivity contribution in [2.24, 2.45) is 0 Å². The van der Waals surface area contributed by atoms with Crippen molar-refractivity contribution < 1.29 is 23.1 Å². The van der Waals surface area contributed by atoms with Gasteiger partial charge in [0.1, 0.15) is 18.0 Å². The minimum Gasteiger partial charge on any atom is -0.489 e. The number of hydrogen-bond donors (Lipinski definition) is 1. The fourth-order valence-corrected chi connectivity index (χ4v) is 6.31. The van der Waals surface area contributed by atoms with Gasteiger partial charge in [-0.05, 0) is 76.5 Å². The van der Waals surface area contributed by atoms with Crippen LogP contribution in [0.3, 0.4) is 0 Å². The van der Waals surface area contributed by atoms with E-state index in [2.05, 4.69) is 20.1 Å². The molecule has 47 heavy (non-hydrogen) atoms. The van der Waals surface area contributed by atoms with Crippen molar-refractivity contribution in [3.63, 3.8) is 0 Å². The van der Waals surface area contributed by atoms with Crippen molar-refractivity contribution in [1.82, 2.24) is 19.7 Å². The number of carbonyl (C=O) groups excluding carboxylic acids is 1. The predicted octanol–water partition coefficient (Wildman–Crippen LogP) is 7.13. The van der Waals surface area contributed by atoms with Crippen LogP contribution in [0, 0.1) is 5.82 Å². The van der Waals surface area contributed by atoms with Crippen LogP contribution in [0.4, 0.5) is 14.9 Å². The lowest BCUT2D eigenvalue weighted by atomic mass is 9.98. The topological polar surface area (TPSA) is 83.3 Å². The number of amides is 1. The smallest absolute Gasteiger partial charge is 0.410 e. The molecular formula is C37H46FN5O4. The summed E-state index contributed by atoms with van der Waals surface area (Å²) in [5.41, 5.74) is 3.32. The average Bonchev–Trinajstić information content (AvgIpc) is 3.46. The highest BCUT2D eigenvalue weighted by atomic mass is 19.1. The van der Waals surface area contributed by atoms with Gasteiger partial charge in [0, 0.05) is 68.8 Å². The van der Waals surface area contributed by atoms with Crippen molar-refractivity contribution in [3.05, 3.63) is 66.6 Å². The van der Waals surface area contributed by atoms with E-state index < -0.39 is 11.4 Å². The standard InChI is InChI=1S/C37H46FN5O4/c1-37(2,3)47-36(44)43-22-20-42(21-23-43)19-16-39-30-14-15-40-35-33(30)32(27-10-6-4-7-11-27)34(46-35)28-12-13-31(29(38)26-28)45-25-24-41-17-8-5-9-18-41/h4,6-7,10-15,26H,5,8-9,16-25H2,1-3H3,(H,39,40). The maximum Gasteiger partial charge on any atom is 0.410 e. The summed E-state index contributed by atoms with van der Waals surface area (Å²) >= 11 is 0. The number of fused-ring (bicyclic) bond motifs is 1. The third kappa shape index (κ3) is 8.23. The lowest BCUT2D eigenvalue weighted by Gasteiger charge is -2.35. The SMILES string of the molecule is CC(C)(C)OC(=O)N1CCN(CCNc2ccnc3oc(-c4ccc(OCCN5CCCCC5)c(F)c4)c(-c4ccccc4)c23)CC1. The van der Waals surface area contributed by atoms with Crippen LogP contribution in [0.2, 0.25) is 0 Å². The number of hydrogen-bond acceptors (Lipinski definition) is 8.